The fourth-order valence-electron chi connectivity index (χ4n) is 2.34. The molecule has 0 heterocycles. The van der Waals surface area contributed by atoms with Crippen molar-refractivity contribution in [2.45, 2.75) is 31.4 Å². The lowest BCUT2D eigenvalue weighted by Gasteiger charge is -2.31. The first-order chi connectivity index (χ1) is 7.96. The van der Waals surface area contributed by atoms with Crippen LogP contribution >= 0.6 is 11.6 Å². The Labute approximate surface area is 104 Å². The molecule has 0 aliphatic heterocycles. The SMILES string of the molecule is C[C@@](c1ccc(Cl)cc1)(C1CC1)C(F)C(=O)O. The van der Waals surface area contributed by atoms with E-state index < -0.39 is 17.6 Å². The maximum Gasteiger partial charge on any atom is 0.339 e. The second-order valence-electron chi connectivity index (χ2n) is 4.76. The molecule has 0 radical (unpaired) electrons. The van der Waals surface area contributed by atoms with E-state index in [9.17, 15) is 9.18 Å². The molecule has 1 aliphatic carbocycles. The summed E-state index contributed by atoms with van der Waals surface area (Å²) in [5.74, 6) is -1.29. The van der Waals surface area contributed by atoms with Gasteiger partial charge in [-0.2, -0.15) is 0 Å². The maximum absolute atomic E-state index is 14.0. The van der Waals surface area contributed by atoms with Crippen molar-refractivity contribution >= 4 is 17.6 Å². The number of carboxylic acids is 1. The number of rotatable bonds is 4. The van der Waals surface area contributed by atoms with Crippen LogP contribution in [0.1, 0.15) is 25.3 Å². The highest BCUT2D eigenvalue weighted by atomic mass is 35.5. The molecule has 1 aromatic carbocycles. The molecule has 1 unspecified atom stereocenters. The average molecular weight is 257 g/mol. The van der Waals surface area contributed by atoms with Crippen LogP contribution in [0.4, 0.5) is 4.39 Å². The van der Waals surface area contributed by atoms with Gasteiger partial charge in [-0.25, -0.2) is 9.18 Å². The molecule has 1 fully saturated rings. The van der Waals surface area contributed by atoms with Gasteiger partial charge in [0, 0.05) is 10.4 Å². The molecule has 0 aromatic heterocycles. The summed E-state index contributed by atoms with van der Waals surface area (Å²) in [6.07, 6.45) is -0.115. The molecule has 2 atom stereocenters. The van der Waals surface area contributed by atoms with Crippen molar-refractivity contribution < 1.29 is 14.3 Å². The normalized spacial score (nSPS) is 20.6. The van der Waals surface area contributed by atoms with Gasteiger partial charge in [-0.05, 0) is 36.5 Å². The molecule has 1 N–H and O–H groups in total. The molecule has 2 rings (SSSR count). The monoisotopic (exact) mass is 256 g/mol. The lowest BCUT2D eigenvalue weighted by Crippen LogP contribution is -2.41. The van der Waals surface area contributed by atoms with Gasteiger partial charge in [0.05, 0.1) is 0 Å². The van der Waals surface area contributed by atoms with Crippen LogP contribution < -0.4 is 0 Å². The molecule has 0 amide bonds. The van der Waals surface area contributed by atoms with Crippen molar-refractivity contribution in [3.63, 3.8) is 0 Å². The van der Waals surface area contributed by atoms with Crippen molar-refractivity contribution in [2.75, 3.05) is 0 Å². The number of carbonyl (C=O) groups is 1. The van der Waals surface area contributed by atoms with E-state index in [4.69, 9.17) is 16.7 Å². The zero-order chi connectivity index (χ0) is 12.6. The molecule has 1 aliphatic rings. The van der Waals surface area contributed by atoms with E-state index in [-0.39, 0.29) is 5.92 Å². The Kier molecular flexibility index (Phi) is 3.13. The van der Waals surface area contributed by atoms with E-state index in [1.54, 1.807) is 31.2 Å². The summed E-state index contributed by atoms with van der Waals surface area (Å²) in [6, 6.07) is 6.78. The van der Waals surface area contributed by atoms with Crippen molar-refractivity contribution in [1.29, 1.82) is 0 Å². The Morgan fingerprint density at radius 2 is 2.00 bits per heavy atom. The molecule has 4 heteroatoms. The van der Waals surface area contributed by atoms with E-state index in [1.165, 1.54) is 0 Å². The molecule has 17 heavy (non-hydrogen) atoms. The van der Waals surface area contributed by atoms with Crippen LogP contribution in [-0.2, 0) is 10.2 Å². The zero-order valence-corrected chi connectivity index (χ0v) is 10.2. The van der Waals surface area contributed by atoms with E-state index in [1.807, 2.05) is 0 Å². The van der Waals surface area contributed by atoms with Gasteiger partial charge in [-0.3, -0.25) is 0 Å². The standard InChI is InChI=1S/C13H14ClFO2/c1-13(8-2-3-8,11(15)12(16)17)9-4-6-10(14)7-5-9/h4-8,11H,2-3H2,1H3,(H,16,17)/t11?,13-/m0/s1. The third-order valence-electron chi connectivity index (χ3n) is 3.63. The maximum atomic E-state index is 14.0. The number of hydrogen-bond acceptors (Lipinski definition) is 1. The first-order valence-corrected chi connectivity index (χ1v) is 5.97. The van der Waals surface area contributed by atoms with E-state index in [0.29, 0.717) is 10.6 Å². The molecule has 0 saturated heterocycles. The number of benzene rings is 1. The van der Waals surface area contributed by atoms with Gasteiger partial charge in [0.1, 0.15) is 0 Å². The van der Waals surface area contributed by atoms with Crippen molar-refractivity contribution in [2.24, 2.45) is 5.92 Å². The number of carboxylic acid groups (broad SMARTS) is 1. The number of hydrogen-bond donors (Lipinski definition) is 1. The van der Waals surface area contributed by atoms with Crippen molar-refractivity contribution in [3.8, 4) is 0 Å². The quantitative estimate of drug-likeness (QED) is 0.896. The van der Waals surface area contributed by atoms with Crippen LogP contribution in [0.3, 0.4) is 0 Å². The Balaban J connectivity index is 2.40. The summed E-state index contributed by atoms with van der Waals surface area (Å²) < 4.78 is 14.0. The Bertz CT molecular complexity index is 428. The third-order valence-corrected chi connectivity index (χ3v) is 3.89. The first kappa shape index (κ1) is 12.4. The van der Waals surface area contributed by atoms with E-state index >= 15 is 0 Å². The summed E-state index contributed by atoms with van der Waals surface area (Å²) in [4.78, 5) is 10.9. The molecular formula is C13H14ClFO2. The van der Waals surface area contributed by atoms with E-state index in [0.717, 1.165) is 12.8 Å². The first-order valence-electron chi connectivity index (χ1n) is 5.59. The Morgan fingerprint density at radius 1 is 1.47 bits per heavy atom. The molecule has 0 bridgehead atoms. The number of halogens is 2. The predicted octanol–water partition coefficient (Wildman–Crippen LogP) is 3.43. The van der Waals surface area contributed by atoms with Crippen LogP contribution in [0.2, 0.25) is 5.02 Å². The summed E-state index contributed by atoms with van der Waals surface area (Å²) in [5.41, 5.74) is -0.240. The van der Waals surface area contributed by atoms with Crippen molar-refractivity contribution in [3.05, 3.63) is 34.9 Å². The Hall–Kier alpha value is -1.09. The van der Waals surface area contributed by atoms with Crippen LogP contribution in [0, 0.1) is 5.92 Å². The summed E-state index contributed by atoms with van der Waals surface area (Å²) in [7, 11) is 0. The minimum Gasteiger partial charge on any atom is -0.479 e. The van der Waals surface area contributed by atoms with E-state index in [2.05, 4.69) is 0 Å². The van der Waals surface area contributed by atoms with Gasteiger partial charge >= 0.3 is 5.97 Å². The van der Waals surface area contributed by atoms with Gasteiger partial charge in [0.15, 0.2) is 0 Å². The van der Waals surface area contributed by atoms with Gasteiger partial charge in [0.25, 0.3) is 0 Å². The minimum atomic E-state index is -1.88. The fraction of sp³-hybridized carbons (Fsp3) is 0.462. The Morgan fingerprint density at radius 3 is 2.41 bits per heavy atom. The lowest BCUT2D eigenvalue weighted by atomic mass is 9.74. The second-order valence-corrected chi connectivity index (χ2v) is 5.20. The van der Waals surface area contributed by atoms with Gasteiger partial charge in [-0.15, -0.1) is 0 Å². The van der Waals surface area contributed by atoms with Crippen molar-refractivity contribution in [1.82, 2.24) is 0 Å². The lowest BCUT2D eigenvalue weighted by molar-refractivity contribution is -0.146. The second kappa shape index (κ2) is 4.30. The van der Waals surface area contributed by atoms with Crippen LogP contribution in [0.25, 0.3) is 0 Å². The summed E-state index contributed by atoms with van der Waals surface area (Å²) in [5, 5.41) is 9.48. The van der Waals surface area contributed by atoms with Crippen LogP contribution in [0.15, 0.2) is 24.3 Å². The molecular weight excluding hydrogens is 243 g/mol. The number of aliphatic carboxylic acids is 1. The predicted molar refractivity (Wildman–Crippen MR) is 64.1 cm³/mol. The highest BCUT2D eigenvalue weighted by Gasteiger charge is 2.51. The fourth-order valence-corrected chi connectivity index (χ4v) is 2.46. The van der Waals surface area contributed by atoms with Crippen LogP contribution in [-0.4, -0.2) is 17.2 Å². The minimum absolute atomic E-state index is 0.106. The van der Waals surface area contributed by atoms with Gasteiger partial charge in [0.2, 0.25) is 6.17 Å². The topological polar surface area (TPSA) is 37.3 Å². The largest absolute Gasteiger partial charge is 0.479 e. The molecule has 2 nitrogen and oxygen atoms in total. The summed E-state index contributed by atoms with van der Waals surface area (Å²) >= 11 is 5.79. The van der Waals surface area contributed by atoms with Crippen LogP contribution in [0.5, 0.6) is 0 Å². The third kappa shape index (κ3) is 2.16. The zero-order valence-electron chi connectivity index (χ0n) is 9.49. The smallest absolute Gasteiger partial charge is 0.339 e. The summed E-state index contributed by atoms with van der Waals surface area (Å²) in [6.45, 7) is 1.69. The number of alkyl halides is 1. The molecule has 1 aromatic rings. The highest BCUT2D eigenvalue weighted by molar-refractivity contribution is 6.30. The van der Waals surface area contributed by atoms with Gasteiger partial charge < -0.3 is 5.11 Å². The highest BCUT2D eigenvalue weighted by Crippen LogP contribution is 2.50. The van der Waals surface area contributed by atoms with Gasteiger partial charge in [-0.1, -0.05) is 30.7 Å². The molecule has 1 saturated carbocycles. The molecule has 92 valence electrons. The molecule has 0 spiro atoms. The average Bonchev–Trinajstić information content (AvgIpc) is 3.12.